The van der Waals surface area contributed by atoms with Crippen LogP contribution in [0.15, 0.2) is 59.7 Å². The van der Waals surface area contributed by atoms with Crippen molar-refractivity contribution in [2.75, 3.05) is 12.4 Å². The summed E-state index contributed by atoms with van der Waals surface area (Å²) in [5.74, 6) is 1.82. The highest BCUT2D eigenvalue weighted by atomic mass is 16.5. The molecule has 39 heavy (non-hydrogen) atoms. The normalized spacial score (nSPS) is 15.5. The van der Waals surface area contributed by atoms with Gasteiger partial charge in [-0.3, -0.25) is 19.4 Å². The second-order valence-corrected chi connectivity index (χ2v) is 10.1. The molecule has 4 aromatic rings. The van der Waals surface area contributed by atoms with Gasteiger partial charge in [-0.15, -0.1) is 0 Å². The standard InChI is InChI=1S/C30H28N4O5/c1-17(18-6-7-18)34-25-4-3-5-26(35)22(25)15-23(30(34)37)29(36)33-28-11-9-20(16-32-28)39-27-12-13-31-24-14-19(38-2)8-10-21(24)27/h8-18H,3-7H2,1-2H3,(H,32,33,36)/t17-/m1/s1. The summed E-state index contributed by atoms with van der Waals surface area (Å²) in [6, 6.07) is 12.0. The maximum Gasteiger partial charge on any atom is 0.263 e. The van der Waals surface area contributed by atoms with Gasteiger partial charge in [-0.05, 0) is 74.9 Å². The Morgan fingerprint density at radius 1 is 1.05 bits per heavy atom. The molecule has 1 fully saturated rings. The lowest BCUT2D eigenvalue weighted by Gasteiger charge is -2.25. The average Bonchev–Trinajstić information content (AvgIpc) is 3.79. The fraction of sp³-hybridized carbons (Fsp3) is 0.300. The van der Waals surface area contributed by atoms with Crippen molar-refractivity contribution in [2.24, 2.45) is 5.92 Å². The maximum absolute atomic E-state index is 13.5. The summed E-state index contributed by atoms with van der Waals surface area (Å²) in [4.78, 5) is 48.1. The average molecular weight is 525 g/mol. The molecule has 2 aliphatic rings. The van der Waals surface area contributed by atoms with Crippen molar-refractivity contribution >= 4 is 28.4 Å². The zero-order valence-electron chi connectivity index (χ0n) is 21.8. The van der Waals surface area contributed by atoms with Gasteiger partial charge in [0.1, 0.15) is 28.6 Å². The second kappa shape index (κ2) is 9.98. The molecule has 2 aliphatic carbocycles. The van der Waals surface area contributed by atoms with Crippen molar-refractivity contribution < 1.29 is 19.1 Å². The topological polar surface area (TPSA) is 112 Å². The highest BCUT2D eigenvalue weighted by Crippen LogP contribution is 2.40. The molecular weight excluding hydrogens is 496 g/mol. The van der Waals surface area contributed by atoms with Crippen molar-refractivity contribution in [1.29, 1.82) is 0 Å². The maximum atomic E-state index is 13.5. The van der Waals surface area contributed by atoms with Crippen molar-refractivity contribution in [1.82, 2.24) is 14.5 Å². The number of ketones is 1. The van der Waals surface area contributed by atoms with Crippen LogP contribution in [0.1, 0.15) is 65.1 Å². The van der Waals surface area contributed by atoms with Crippen LogP contribution in [-0.4, -0.2) is 33.3 Å². The number of fused-ring (bicyclic) bond motifs is 2. The number of ether oxygens (including phenoxy) is 2. The first kappa shape index (κ1) is 24.8. The van der Waals surface area contributed by atoms with Crippen LogP contribution < -0.4 is 20.3 Å². The molecule has 3 heterocycles. The Bertz CT molecular complexity index is 1660. The molecular formula is C30H28N4O5. The van der Waals surface area contributed by atoms with Gasteiger partial charge in [0, 0.05) is 41.4 Å². The molecule has 1 amide bonds. The molecule has 9 heteroatoms. The van der Waals surface area contributed by atoms with Crippen LogP contribution in [-0.2, 0) is 6.42 Å². The Balaban J connectivity index is 1.24. The van der Waals surface area contributed by atoms with Gasteiger partial charge < -0.3 is 19.4 Å². The van der Waals surface area contributed by atoms with Crippen LogP contribution in [0.2, 0.25) is 0 Å². The summed E-state index contributed by atoms with van der Waals surface area (Å²) in [6.07, 6.45) is 7.06. The van der Waals surface area contributed by atoms with Crippen LogP contribution >= 0.6 is 0 Å². The van der Waals surface area contributed by atoms with Crippen molar-refractivity contribution in [3.8, 4) is 17.2 Å². The molecule has 6 rings (SSSR count). The third-order valence-electron chi connectivity index (χ3n) is 7.53. The number of pyridine rings is 3. The summed E-state index contributed by atoms with van der Waals surface area (Å²) < 4.78 is 13.0. The minimum atomic E-state index is -0.590. The minimum absolute atomic E-state index is 0.0243. The van der Waals surface area contributed by atoms with Gasteiger partial charge in [0.05, 0.1) is 18.8 Å². The van der Waals surface area contributed by atoms with E-state index in [1.807, 2.05) is 25.1 Å². The lowest BCUT2D eigenvalue weighted by Crippen LogP contribution is -2.36. The molecule has 9 nitrogen and oxygen atoms in total. The Kier molecular flexibility index (Phi) is 6.34. The molecule has 0 spiro atoms. The summed E-state index contributed by atoms with van der Waals surface area (Å²) in [6.45, 7) is 2.00. The van der Waals surface area contributed by atoms with Gasteiger partial charge in [-0.25, -0.2) is 4.98 Å². The van der Waals surface area contributed by atoms with Crippen molar-refractivity contribution in [3.63, 3.8) is 0 Å². The molecule has 0 unspecified atom stereocenters. The van der Waals surface area contributed by atoms with Crippen LogP contribution in [0.4, 0.5) is 5.82 Å². The van der Waals surface area contributed by atoms with E-state index in [-0.39, 0.29) is 28.8 Å². The number of nitrogens with one attached hydrogen (secondary N) is 1. The van der Waals surface area contributed by atoms with E-state index in [9.17, 15) is 14.4 Å². The van der Waals surface area contributed by atoms with E-state index in [1.165, 1.54) is 12.3 Å². The molecule has 0 radical (unpaired) electrons. The highest BCUT2D eigenvalue weighted by Gasteiger charge is 2.34. The van der Waals surface area contributed by atoms with Gasteiger partial charge >= 0.3 is 0 Å². The Morgan fingerprint density at radius 2 is 1.87 bits per heavy atom. The first-order valence-electron chi connectivity index (χ1n) is 13.1. The van der Waals surface area contributed by atoms with E-state index in [0.29, 0.717) is 41.6 Å². The molecule has 1 atom stereocenters. The number of nitrogens with zero attached hydrogens (tertiary/aromatic N) is 3. The highest BCUT2D eigenvalue weighted by molar-refractivity contribution is 6.06. The van der Waals surface area contributed by atoms with Gasteiger partial charge in [0.2, 0.25) is 0 Å². The van der Waals surface area contributed by atoms with Gasteiger partial charge in [0.15, 0.2) is 5.78 Å². The fourth-order valence-corrected chi connectivity index (χ4v) is 5.24. The Hall–Kier alpha value is -4.53. The number of rotatable bonds is 7. The zero-order chi connectivity index (χ0) is 27.1. The number of benzene rings is 1. The lowest BCUT2D eigenvalue weighted by molar-refractivity contribution is 0.0969. The molecule has 198 valence electrons. The molecule has 1 saturated carbocycles. The number of methoxy groups -OCH3 is 1. The third kappa shape index (κ3) is 4.76. The van der Waals surface area contributed by atoms with Crippen LogP contribution in [0, 0.1) is 5.92 Å². The largest absolute Gasteiger partial charge is 0.497 e. The molecule has 3 aromatic heterocycles. The van der Waals surface area contributed by atoms with Crippen molar-refractivity contribution in [3.05, 3.63) is 82.0 Å². The fourth-order valence-electron chi connectivity index (χ4n) is 5.24. The number of Topliss-reactive ketones (excluding diaryl/α,β-unsaturated/α-hetero) is 1. The summed E-state index contributed by atoms with van der Waals surface area (Å²) >= 11 is 0. The first-order chi connectivity index (χ1) is 18.9. The quantitative estimate of drug-likeness (QED) is 0.347. The molecule has 0 bridgehead atoms. The summed E-state index contributed by atoms with van der Waals surface area (Å²) in [5.41, 5.74) is 1.57. The number of hydrogen-bond acceptors (Lipinski definition) is 7. The zero-order valence-corrected chi connectivity index (χ0v) is 21.8. The van der Waals surface area contributed by atoms with Gasteiger partial charge in [-0.1, -0.05) is 0 Å². The number of aromatic nitrogens is 3. The SMILES string of the molecule is COc1ccc2c(Oc3ccc(NC(=O)c4cc5c(n([C@H](C)C6CC6)c4=O)CCCC5=O)nc3)ccnc2c1. The minimum Gasteiger partial charge on any atom is -0.497 e. The van der Waals surface area contributed by atoms with E-state index in [1.54, 1.807) is 36.1 Å². The van der Waals surface area contributed by atoms with Crippen LogP contribution in [0.5, 0.6) is 17.2 Å². The molecule has 1 aromatic carbocycles. The van der Waals surface area contributed by atoms with Crippen LogP contribution in [0.25, 0.3) is 10.9 Å². The monoisotopic (exact) mass is 524 g/mol. The van der Waals surface area contributed by atoms with E-state index < -0.39 is 5.91 Å². The van der Waals surface area contributed by atoms with E-state index in [0.717, 1.165) is 35.9 Å². The smallest absolute Gasteiger partial charge is 0.263 e. The second-order valence-electron chi connectivity index (χ2n) is 10.1. The summed E-state index contributed by atoms with van der Waals surface area (Å²) in [5, 5.41) is 3.53. The third-order valence-corrected chi connectivity index (χ3v) is 7.53. The number of carbonyl (C=O) groups excluding carboxylic acids is 2. The van der Waals surface area contributed by atoms with E-state index in [2.05, 4.69) is 15.3 Å². The van der Waals surface area contributed by atoms with E-state index >= 15 is 0 Å². The lowest BCUT2D eigenvalue weighted by atomic mass is 9.92. The Labute approximate surface area is 224 Å². The van der Waals surface area contributed by atoms with Crippen LogP contribution in [0.3, 0.4) is 0 Å². The molecule has 0 saturated heterocycles. The number of carbonyl (C=O) groups is 2. The summed E-state index contributed by atoms with van der Waals surface area (Å²) in [7, 11) is 1.60. The van der Waals surface area contributed by atoms with Gasteiger partial charge in [0.25, 0.3) is 11.5 Å². The molecule has 1 N–H and O–H groups in total. The predicted octanol–water partition coefficient (Wildman–Crippen LogP) is 5.33. The number of amides is 1. The first-order valence-corrected chi connectivity index (χ1v) is 13.1. The van der Waals surface area contributed by atoms with Crippen molar-refractivity contribution in [2.45, 2.75) is 45.1 Å². The number of hydrogen-bond donors (Lipinski definition) is 1. The Morgan fingerprint density at radius 3 is 2.62 bits per heavy atom. The predicted molar refractivity (Wildman–Crippen MR) is 146 cm³/mol. The van der Waals surface area contributed by atoms with E-state index in [4.69, 9.17) is 9.47 Å². The molecule has 0 aliphatic heterocycles. The van der Waals surface area contributed by atoms with Gasteiger partial charge in [-0.2, -0.15) is 0 Å². The number of anilines is 1.